The Kier molecular flexibility index (Phi) is 3.84. The highest BCUT2D eigenvalue weighted by Crippen LogP contribution is 2.39. The Morgan fingerprint density at radius 2 is 1.95 bits per heavy atom. The normalized spacial score (nSPS) is 34.7. The number of hydrogen-bond acceptors (Lipinski definition) is 2. The quantitative estimate of drug-likeness (QED) is 0.789. The summed E-state index contributed by atoms with van der Waals surface area (Å²) in [6, 6.07) is 0. The van der Waals surface area contributed by atoms with Gasteiger partial charge in [-0.1, -0.05) is 32.6 Å². The zero-order valence-corrected chi connectivity index (χ0v) is 12.3. The fourth-order valence-electron chi connectivity index (χ4n) is 4.56. The highest BCUT2D eigenvalue weighted by Gasteiger charge is 2.45. The Morgan fingerprint density at radius 1 is 1.16 bits per heavy atom. The van der Waals surface area contributed by atoms with Crippen molar-refractivity contribution in [2.45, 2.75) is 63.8 Å². The minimum absolute atomic E-state index is 0.163. The molecule has 0 aromatic carbocycles. The molecule has 1 N–H and O–H groups in total. The van der Waals surface area contributed by atoms with Crippen molar-refractivity contribution in [3.05, 3.63) is 0 Å². The van der Waals surface area contributed by atoms with Crippen LogP contribution in [0.2, 0.25) is 0 Å². The number of piperazine rings is 1. The van der Waals surface area contributed by atoms with E-state index < -0.39 is 0 Å². The van der Waals surface area contributed by atoms with Crippen molar-refractivity contribution in [1.29, 1.82) is 0 Å². The van der Waals surface area contributed by atoms with Crippen molar-refractivity contribution in [3.63, 3.8) is 0 Å². The first-order valence-electron chi connectivity index (χ1n) is 8.25. The first-order valence-corrected chi connectivity index (χ1v) is 8.25. The summed E-state index contributed by atoms with van der Waals surface area (Å²) in [5.41, 5.74) is 0.163. The molecule has 1 amide bonds. The van der Waals surface area contributed by atoms with Crippen molar-refractivity contribution >= 4 is 5.91 Å². The van der Waals surface area contributed by atoms with Gasteiger partial charge in [0.05, 0.1) is 5.54 Å². The van der Waals surface area contributed by atoms with Gasteiger partial charge in [0.15, 0.2) is 0 Å². The van der Waals surface area contributed by atoms with Crippen LogP contribution in [0.5, 0.6) is 0 Å². The second-order valence-electron chi connectivity index (χ2n) is 6.97. The smallest absolute Gasteiger partial charge is 0.226 e. The lowest BCUT2D eigenvalue weighted by molar-refractivity contribution is -0.146. The Hall–Kier alpha value is -0.570. The van der Waals surface area contributed by atoms with E-state index in [1.807, 2.05) is 0 Å². The van der Waals surface area contributed by atoms with Crippen LogP contribution in [0.15, 0.2) is 0 Å². The number of carbonyl (C=O) groups excluding carboxylic acids is 1. The molecule has 2 saturated carbocycles. The molecule has 1 heterocycles. The highest BCUT2D eigenvalue weighted by molar-refractivity contribution is 5.80. The molecule has 3 rings (SSSR count). The third kappa shape index (κ3) is 2.42. The fraction of sp³-hybridized carbons (Fsp3) is 0.938. The molecule has 3 fully saturated rings. The summed E-state index contributed by atoms with van der Waals surface area (Å²) in [5, 5.41) is 3.54. The lowest BCUT2D eigenvalue weighted by Gasteiger charge is -2.50. The maximum absolute atomic E-state index is 13.0. The molecule has 108 valence electrons. The second kappa shape index (κ2) is 5.43. The van der Waals surface area contributed by atoms with Crippen molar-refractivity contribution in [1.82, 2.24) is 10.2 Å². The average molecular weight is 264 g/mol. The van der Waals surface area contributed by atoms with Gasteiger partial charge in [-0.3, -0.25) is 4.79 Å². The van der Waals surface area contributed by atoms with Gasteiger partial charge in [0, 0.05) is 25.6 Å². The number of nitrogens with one attached hydrogen (secondary N) is 1. The van der Waals surface area contributed by atoms with E-state index in [2.05, 4.69) is 17.1 Å². The summed E-state index contributed by atoms with van der Waals surface area (Å²) >= 11 is 0. The van der Waals surface area contributed by atoms with Crippen LogP contribution in [0.25, 0.3) is 0 Å². The first-order chi connectivity index (χ1) is 9.23. The van der Waals surface area contributed by atoms with Crippen molar-refractivity contribution < 1.29 is 4.79 Å². The zero-order chi connectivity index (χ0) is 13.3. The molecule has 19 heavy (non-hydrogen) atoms. The van der Waals surface area contributed by atoms with E-state index in [9.17, 15) is 4.79 Å². The molecule has 1 saturated heterocycles. The molecule has 0 aromatic heterocycles. The molecule has 0 aromatic rings. The molecule has 2 unspecified atom stereocenters. The van der Waals surface area contributed by atoms with Crippen LogP contribution < -0.4 is 5.32 Å². The molecule has 2 aliphatic carbocycles. The largest absolute Gasteiger partial charge is 0.334 e. The SMILES string of the molecule is CC1CCCC1C(=O)N1CCNCC12CCCCC2. The van der Waals surface area contributed by atoms with E-state index in [0.29, 0.717) is 17.7 Å². The van der Waals surface area contributed by atoms with Crippen LogP contribution in [0.3, 0.4) is 0 Å². The Bertz CT molecular complexity index is 327. The van der Waals surface area contributed by atoms with Gasteiger partial charge in [-0.15, -0.1) is 0 Å². The number of hydrogen-bond donors (Lipinski definition) is 1. The number of carbonyl (C=O) groups is 1. The van der Waals surface area contributed by atoms with Crippen LogP contribution in [0.4, 0.5) is 0 Å². The number of amides is 1. The van der Waals surface area contributed by atoms with Gasteiger partial charge in [0.2, 0.25) is 5.91 Å². The lowest BCUT2D eigenvalue weighted by atomic mass is 9.78. The van der Waals surface area contributed by atoms with Crippen LogP contribution in [-0.2, 0) is 4.79 Å². The molecule has 0 bridgehead atoms. The van der Waals surface area contributed by atoms with E-state index in [0.717, 1.165) is 26.1 Å². The van der Waals surface area contributed by atoms with Gasteiger partial charge >= 0.3 is 0 Å². The van der Waals surface area contributed by atoms with Crippen molar-refractivity contribution in [2.75, 3.05) is 19.6 Å². The third-order valence-corrected chi connectivity index (χ3v) is 5.77. The standard InChI is InChI=1S/C16H28N2O/c1-13-6-5-7-14(13)15(19)18-11-10-17-12-16(18)8-3-2-4-9-16/h13-14,17H,2-12H2,1H3. The maximum atomic E-state index is 13.0. The molecule has 3 aliphatic rings. The molecule has 0 radical (unpaired) electrons. The van der Waals surface area contributed by atoms with E-state index >= 15 is 0 Å². The predicted molar refractivity (Wildman–Crippen MR) is 76.9 cm³/mol. The zero-order valence-electron chi connectivity index (χ0n) is 12.3. The van der Waals surface area contributed by atoms with Crippen LogP contribution in [0, 0.1) is 11.8 Å². The van der Waals surface area contributed by atoms with E-state index in [-0.39, 0.29) is 5.54 Å². The summed E-state index contributed by atoms with van der Waals surface area (Å²) < 4.78 is 0. The van der Waals surface area contributed by atoms with Gasteiger partial charge < -0.3 is 10.2 Å². The number of rotatable bonds is 1. The van der Waals surface area contributed by atoms with Gasteiger partial charge in [0.1, 0.15) is 0 Å². The summed E-state index contributed by atoms with van der Waals surface area (Å²) in [7, 11) is 0. The molecule has 1 spiro atoms. The third-order valence-electron chi connectivity index (χ3n) is 5.77. The van der Waals surface area contributed by atoms with Gasteiger partial charge in [-0.25, -0.2) is 0 Å². The van der Waals surface area contributed by atoms with Crippen LogP contribution >= 0.6 is 0 Å². The van der Waals surface area contributed by atoms with Crippen molar-refractivity contribution in [3.8, 4) is 0 Å². The number of nitrogens with zero attached hydrogens (tertiary/aromatic N) is 1. The summed E-state index contributed by atoms with van der Waals surface area (Å²) in [4.78, 5) is 15.3. The molecule has 2 atom stereocenters. The molecule has 1 aliphatic heterocycles. The molecular weight excluding hydrogens is 236 g/mol. The monoisotopic (exact) mass is 264 g/mol. The Labute approximate surface area is 117 Å². The lowest BCUT2D eigenvalue weighted by Crippen LogP contribution is -2.64. The highest BCUT2D eigenvalue weighted by atomic mass is 16.2. The fourth-order valence-corrected chi connectivity index (χ4v) is 4.56. The minimum Gasteiger partial charge on any atom is -0.334 e. The minimum atomic E-state index is 0.163. The van der Waals surface area contributed by atoms with Gasteiger partial charge in [-0.2, -0.15) is 0 Å². The summed E-state index contributed by atoms with van der Waals surface area (Å²) in [6.07, 6.45) is 9.99. The van der Waals surface area contributed by atoms with E-state index in [1.165, 1.54) is 44.9 Å². The maximum Gasteiger partial charge on any atom is 0.226 e. The van der Waals surface area contributed by atoms with Gasteiger partial charge in [0.25, 0.3) is 0 Å². The second-order valence-corrected chi connectivity index (χ2v) is 6.97. The first kappa shape index (κ1) is 13.4. The summed E-state index contributed by atoms with van der Waals surface area (Å²) in [5.74, 6) is 1.40. The molecule has 3 nitrogen and oxygen atoms in total. The van der Waals surface area contributed by atoms with Gasteiger partial charge in [-0.05, 0) is 31.6 Å². The Balaban J connectivity index is 1.77. The van der Waals surface area contributed by atoms with Crippen LogP contribution in [0.1, 0.15) is 58.3 Å². The summed E-state index contributed by atoms with van der Waals surface area (Å²) in [6.45, 7) is 5.21. The van der Waals surface area contributed by atoms with Crippen LogP contribution in [-0.4, -0.2) is 36.0 Å². The average Bonchev–Trinajstić information content (AvgIpc) is 2.86. The Morgan fingerprint density at radius 3 is 2.63 bits per heavy atom. The molecule has 3 heteroatoms. The molecular formula is C16H28N2O. The topological polar surface area (TPSA) is 32.3 Å². The van der Waals surface area contributed by atoms with E-state index in [1.54, 1.807) is 0 Å². The van der Waals surface area contributed by atoms with E-state index in [4.69, 9.17) is 0 Å². The predicted octanol–water partition coefficient (Wildman–Crippen LogP) is 2.56. The van der Waals surface area contributed by atoms with Crippen molar-refractivity contribution in [2.24, 2.45) is 11.8 Å².